The molecule has 0 aliphatic carbocycles. The van der Waals surface area contributed by atoms with Crippen LogP contribution in [0.5, 0.6) is 0 Å². The van der Waals surface area contributed by atoms with Gasteiger partial charge in [-0.2, -0.15) is 4.98 Å². The van der Waals surface area contributed by atoms with Crippen molar-refractivity contribution in [3.63, 3.8) is 0 Å². The first kappa shape index (κ1) is 28.0. The Morgan fingerprint density at radius 3 is 2.59 bits per heavy atom. The zero-order valence-electron chi connectivity index (χ0n) is 25.8. The van der Waals surface area contributed by atoms with Crippen molar-refractivity contribution < 1.29 is 4.79 Å². The number of piperazine rings is 1. The predicted octanol–water partition coefficient (Wildman–Crippen LogP) is 6.33. The molecule has 0 radical (unpaired) electrons. The minimum Gasteiger partial charge on any atom is -0.337 e. The Balaban J connectivity index is 1.17. The highest BCUT2D eigenvalue weighted by Crippen LogP contribution is 2.37. The molecule has 5 aromatic rings. The normalized spacial score (nSPS) is 19.5. The van der Waals surface area contributed by atoms with E-state index < -0.39 is 0 Å². The van der Waals surface area contributed by atoms with E-state index in [0.29, 0.717) is 17.4 Å². The van der Waals surface area contributed by atoms with Crippen molar-refractivity contribution in [3.8, 4) is 11.1 Å². The number of anilines is 4. The van der Waals surface area contributed by atoms with Gasteiger partial charge < -0.3 is 25.3 Å². The average molecular weight is 587 g/mol. The summed E-state index contributed by atoms with van der Waals surface area (Å²) in [5, 5.41) is 10.2. The van der Waals surface area contributed by atoms with E-state index >= 15 is 0 Å². The molecule has 2 bridgehead atoms. The highest BCUT2D eigenvalue weighted by molar-refractivity contribution is 6.05. The van der Waals surface area contributed by atoms with Gasteiger partial charge in [0.2, 0.25) is 5.95 Å². The van der Waals surface area contributed by atoms with Crippen LogP contribution in [0.4, 0.5) is 23.1 Å². The van der Waals surface area contributed by atoms with Crippen LogP contribution >= 0.6 is 0 Å². The number of pyridine rings is 1. The number of nitrogens with zero attached hydrogens (tertiary/aromatic N) is 5. The van der Waals surface area contributed by atoms with E-state index in [2.05, 4.69) is 76.8 Å². The second kappa shape index (κ2) is 10.4. The molecule has 2 saturated heterocycles. The molecule has 0 spiro atoms. The highest BCUT2D eigenvalue weighted by atomic mass is 16.1. The number of carbonyl (C=O) groups excluding carboxylic acids is 1. The summed E-state index contributed by atoms with van der Waals surface area (Å²) < 4.78 is 2.01. The van der Waals surface area contributed by atoms with E-state index in [1.807, 2.05) is 66.2 Å². The maximum absolute atomic E-state index is 13.2. The van der Waals surface area contributed by atoms with Crippen molar-refractivity contribution >= 4 is 34.7 Å². The van der Waals surface area contributed by atoms with Gasteiger partial charge in [-0.1, -0.05) is 45.0 Å². The van der Waals surface area contributed by atoms with Gasteiger partial charge in [-0.15, -0.1) is 0 Å². The molecule has 3 N–H and O–H groups in total. The number of fused-ring (bicyclic) bond motifs is 3. The van der Waals surface area contributed by atoms with Gasteiger partial charge in [-0.3, -0.25) is 4.79 Å². The topological polar surface area (TPSA) is 99.5 Å². The van der Waals surface area contributed by atoms with Crippen LogP contribution in [0.3, 0.4) is 0 Å². The third kappa shape index (κ3) is 5.07. The molecule has 2 atom stereocenters. The van der Waals surface area contributed by atoms with Crippen molar-refractivity contribution in [2.24, 2.45) is 0 Å². The summed E-state index contributed by atoms with van der Waals surface area (Å²) in [6, 6.07) is 18.3. The molecule has 5 heterocycles. The van der Waals surface area contributed by atoms with Gasteiger partial charge in [0.1, 0.15) is 5.82 Å². The lowest BCUT2D eigenvalue weighted by molar-refractivity contribution is 0.102. The predicted molar refractivity (Wildman–Crippen MR) is 176 cm³/mol. The second-order valence-corrected chi connectivity index (χ2v) is 13.3. The maximum atomic E-state index is 13.2. The molecule has 9 heteroatoms. The number of carbonyl (C=O) groups is 1. The Morgan fingerprint density at radius 1 is 1.05 bits per heavy atom. The fourth-order valence-corrected chi connectivity index (χ4v) is 6.50. The molecule has 9 nitrogen and oxygen atoms in total. The third-order valence-electron chi connectivity index (χ3n) is 9.05. The number of aromatic nitrogens is 4. The average Bonchev–Trinajstić information content (AvgIpc) is 3.72. The number of rotatable bonds is 6. The fourth-order valence-electron chi connectivity index (χ4n) is 6.50. The van der Waals surface area contributed by atoms with E-state index in [1.54, 1.807) is 6.20 Å². The molecule has 2 aromatic carbocycles. The summed E-state index contributed by atoms with van der Waals surface area (Å²) in [7, 11) is 0. The lowest BCUT2D eigenvalue weighted by Gasteiger charge is -2.36. The van der Waals surface area contributed by atoms with Crippen LogP contribution in [0.1, 0.15) is 55.6 Å². The number of imidazole rings is 1. The number of hydrogen-bond donors (Lipinski definition) is 3. The summed E-state index contributed by atoms with van der Waals surface area (Å²) in [5.74, 6) is 1.32. The molecule has 2 fully saturated rings. The van der Waals surface area contributed by atoms with Crippen LogP contribution in [0.15, 0.2) is 79.4 Å². The molecule has 2 aliphatic heterocycles. The Labute approximate surface area is 257 Å². The number of hydrogen-bond acceptors (Lipinski definition) is 7. The molecule has 44 heavy (non-hydrogen) atoms. The first-order valence-corrected chi connectivity index (χ1v) is 15.2. The lowest BCUT2D eigenvalue weighted by atomic mass is 9.86. The zero-order chi connectivity index (χ0) is 30.6. The molecule has 3 aromatic heterocycles. The van der Waals surface area contributed by atoms with Gasteiger partial charge in [0.15, 0.2) is 5.65 Å². The largest absolute Gasteiger partial charge is 0.337 e. The number of benzene rings is 2. The van der Waals surface area contributed by atoms with E-state index in [4.69, 9.17) is 4.98 Å². The monoisotopic (exact) mass is 586 g/mol. The summed E-state index contributed by atoms with van der Waals surface area (Å²) in [6.07, 6.45) is 8.71. The smallest absolute Gasteiger partial charge is 0.255 e. The summed E-state index contributed by atoms with van der Waals surface area (Å²) >= 11 is 0. The van der Waals surface area contributed by atoms with Gasteiger partial charge in [-0.25, -0.2) is 9.97 Å². The van der Waals surface area contributed by atoms with Crippen LogP contribution in [-0.2, 0) is 5.41 Å². The number of amides is 1. The van der Waals surface area contributed by atoms with E-state index in [1.165, 1.54) is 5.56 Å². The van der Waals surface area contributed by atoms with Crippen LogP contribution in [0, 0.1) is 6.92 Å². The van der Waals surface area contributed by atoms with E-state index in [0.717, 1.165) is 59.2 Å². The van der Waals surface area contributed by atoms with Crippen molar-refractivity contribution in [1.29, 1.82) is 0 Å². The van der Waals surface area contributed by atoms with Crippen molar-refractivity contribution in [2.45, 2.75) is 58.0 Å². The molecule has 7 rings (SSSR count). The minimum atomic E-state index is -0.131. The van der Waals surface area contributed by atoms with Crippen molar-refractivity contribution in [1.82, 2.24) is 24.7 Å². The van der Waals surface area contributed by atoms with Crippen molar-refractivity contribution in [2.75, 3.05) is 28.6 Å². The van der Waals surface area contributed by atoms with Crippen LogP contribution < -0.4 is 20.9 Å². The van der Waals surface area contributed by atoms with Crippen LogP contribution in [0.25, 0.3) is 16.8 Å². The third-order valence-corrected chi connectivity index (χ3v) is 9.05. The summed E-state index contributed by atoms with van der Waals surface area (Å²) in [5.41, 5.74) is 7.28. The molecule has 2 aliphatic rings. The van der Waals surface area contributed by atoms with E-state index in [9.17, 15) is 4.79 Å². The lowest BCUT2D eigenvalue weighted by Crippen LogP contribution is -2.51. The van der Waals surface area contributed by atoms with Gasteiger partial charge in [0, 0.05) is 60.7 Å². The Bertz CT molecular complexity index is 1870. The second-order valence-electron chi connectivity index (χ2n) is 13.3. The van der Waals surface area contributed by atoms with Gasteiger partial charge >= 0.3 is 0 Å². The fraction of sp³-hybridized carbons (Fsp3) is 0.314. The first-order valence-electron chi connectivity index (χ1n) is 15.2. The quantitative estimate of drug-likeness (QED) is 0.214. The Morgan fingerprint density at radius 2 is 1.86 bits per heavy atom. The standard InChI is InChI=1S/C35H38N8O/c1-22-27(7-6-8-28(22)40-32(44)23-9-11-25(12-10-23)34(2,3)4)24-17-29(31-36-15-16-42(31)19-24)39-30-13-14-37-33(41-30)43-20-26-18-35(43,5)21-38-26/h6-17,19,26,38H,18,20-21H2,1-5H3,(H,40,44)(H,37,39,41)/t26-,35-/m0/s1. The molecule has 0 unspecified atom stereocenters. The zero-order valence-corrected chi connectivity index (χ0v) is 25.8. The molecular weight excluding hydrogens is 548 g/mol. The van der Waals surface area contributed by atoms with Gasteiger partial charge in [-0.05, 0) is 72.7 Å². The van der Waals surface area contributed by atoms with E-state index in [-0.39, 0.29) is 16.9 Å². The summed E-state index contributed by atoms with van der Waals surface area (Å²) in [6.45, 7) is 12.7. The molecule has 0 saturated carbocycles. The number of nitrogens with one attached hydrogen (secondary N) is 3. The maximum Gasteiger partial charge on any atom is 0.255 e. The van der Waals surface area contributed by atoms with Gasteiger partial charge in [0.05, 0.1) is 11.2 Å². The van der Waals surface area contributed by atoms with Crippen LogP contribution in [-0.4, -0.2) is 49.9 Å². The van der Waals surface area contributed by atoms with Gasteiger partial charge in [0.25, 0.3) is 5.91 Å². The first-order chi connectivity index (χ1) is 21.1. The summed E-state index contributed by atoms with van der Waals surface area (Å²) in [4.78, 5) is 29.7. The SMILES string of the molecule is Cc1c(NC(=O)c2ccc(C(C)(C)C)cc2)cccc1-c1cc(Nc2ccnc(N3C[C@@H]4C[C@@]3(C)CN4)n2)c2nccn2c1. The molecular formula is C35H38N8O. The minimum absolute atomic E-state index is 0.0311. The molecule has 1 amide bonds. The Kier molecular flexibility index (Phi) is 6.66. The van der Waals surface area contributed by atoms with Crippen LogP contribution in [0.2, 0.25) is 0 Å². The Hall–Kier alpha value is -4.76. The highest BCUT2D eigenvalue weighted by Gasteiger charge is 2.48. The molecule has 224 valence electrons. The van der Waals surface area contributed by atoms with Crippen molar-refractivity contribution in [3.05, 3.63) is 96.1 Å².